The van der Waals surface area contributed by atoms with Crippen LogP contribution in [-0.2, 0) is 4.79 Å². The first-order valence-corrected chi connectivity index (χ1v) is 8.69. The van der Waals surface area contributed by atoms with Crippen molar-refractivity contribution >= 4 is 23.2 Å². The van der Waals surface area contributed by atoms with E-state index in [1.165, 1.54) is 0 Å². The Labute approximate surface area is 144 Å². The number of fused-ring (bicyclic) bond motifs is 1. The van der Waals surface area contributed by atoms with Crippen LogP contribution in [0.2, 0.25) is 0 Å². The molecule has 2 aliphatic heterocycles. The van der Waals surface area contributed by atoms with Gasteiger partial charge in [-0.1, -0.05) is 6.07 Å². The topological polar surface area (TPSA) is 71.6 Å². The van der Waals surface area contributed by atoms with Crippen LogP contribution in [0.1, 0.15) is 25.3 Å². The lowest BCUT2D eigenvalue weighted by molar-refractivity contribution is -0.117. The zero-order valence-corrected chi connectivity index (χ0v) is 13.8. The predicted molar refractivity (Wildman–Crippen MR) is 92.7 cm³/mol. The Morgan fingerprint density at radius 1 is 1.16 bits per heavy atom. The van der Waals surface area contributed by atoms with Gasteiger partial charge in [-0.3, -0.25) is 13.9 Å². The molecule has 0 aromatic carbocycles. The van der Waals surface area contributed by atoms with Gasteiger partial charge in [0.25, 0.3) is 0 Å². The first-order chi connectivity index (χ1) is 12.3. The molecule has 0 bridgehead atoms. The molecule has 25 heavy (non-hydrogen) atoms. The van der Waals surface area contributed by atoms with E-state index in [2.05, 4.69) is 20.2 Å². The summed E-state index contributed by atoms with van der Waals surface area (Å²) in [5.41, 5.74) is 1.77. The largest absolute Gasteiger partial charge is 0.338 e. The van der Waals surface area contributed by atoms with E-state index in [1.54, 1.807) is 6.20 Å². The molecule has 0 radical (unpaired) electrons. The Bertz CT molecular complexity index is 930. The van der Waals surface area contributed by atoms with Gasteiger partial charge >= 0.3 is 0 Å². The van der Waals surface area contributed by atoms with Gasteiger partial charge in [0.2, 0.25) is 11.9 Å². The number of hydrogen-bond acceptors (Lipinski definition) is 5. The number of carbonyl (C=O) groups is 1. The molecule has 1 amide bonds. The second kappa shape index (κ2) is 5.58. The average Bonchev–Trinajstić information content (AvgIpc) is 3.39. The summed E-state index contributed by atoms with van der Waals surface area (Å²) in [7, 11) is 0. The van der Waals surface area contributed by atoms with Crippen LogP contribution in [0, 0.1) is 0 Å². The van der Waals surface area contributed by atoms with Crippen LogP contribution in [0.15, 0.2) is 36.8 Å². The third-order valence-corrected chi connectivity index (χ3v) is 5.09. The minimum absolute atomic E-state index is 0.197. The SMILES string of the molecule is O=C1CCCN1c1cnn(C2CCN(c3nnc4ccccn34)C2)c1. The highest BCUT2D eigenvalue weighted by molar-refractivity contribution is 5.95. The lowest BCUT2D eigenvalue weighted by Crippen LogP contribution is -2.24. The smallest absolute Gasteiger partial charge is 0.231 e. The van der Waals surface area contributed by atoms with Crippen LogP contribution in [0.25, 0.3) is 5.65 Å². The molecule has 2 aliphatic rings. The lowest BCUT2D eigenvalue weighted by atomic mass is 10.3. The van der Waals surface area contributed by atoms with E-state index in [4.69, 9.17) is 0 Å². The molecular weight excluding hydrogens is 318 g/mol. The van der Waals surface area contributed by atoms with Gasteiger partial charge in [-0.2, -0.15) is 5.10 Å². The average molecular weight is 337 g/mol. The van der Waals surface area contributed by atoms with Crippen molar-refractivity contribution in [1.29, 1.82) is 0 Å². The molecule has 5 rings (SSSR count). The van der Waals surface area contributed by atoms with Crippen molar-refractivity contribution in [3.05, 3.63) is 36.8 Å². The summed E-state index contributed by atoms with van der Waals surface area (Å²) in [6.45, 7) is 2.55. The maximum Gasteiger partial charge on any atom is 0.231 e. The highest BCUT2D eigenvalue weighted by Crippen LogP contribution is 2.28. The summed E-state index contributed by atoms with van der Waals surface area (Å²) in [4.78, 5) is 16.0. The van der Waals surface area contributed by atoms with Gasteiger partial charge in [-0.05, 0) is 25.0 Å². The van der Waals surface area contributed by atoms with Crippen molar-refractivity contribution in [1.82, 2.24) is 24.4 Å². The van der Waals surface area contributed by atoms with Crippen LogP contribution in [0.5, 0.6) is 0 Å². The molecular formula is C17H19N7O. The first kappa shape index (κ1) is 14.4. The van der Waals surface area contributed by atoms with Crippen LogP contribution in [-0.4, -0.2) is 49.9 Å². The molecule has 1 atom stereocenters. The van der Waals surface area contributed by atoms with Crippen molar-refractivity contribution in [2.75, 3.05) is 29.4 Å². The molecule has 1 unspecified atom stereocenters. The number of nitrogens with zero attached hydrogens (tertiary/aromatic N) is 7. The molecule has 8 heteroatoms. The minimum atomic E-state index is 0.197. The third-order valence-electron chi connectivity index (χ3n) is 5.09. The van der Waals surface area contributed by atoms with E-state index in [0.717, 1.165) is 49.8 Å². The monoisotopic (exact) mass is 337 g/mol. The van der Waals surface area contributed by atoms with Crippen molar-refractivity contribution < 1.29 is 4.79 Å². The van der Waals surface area contributed by atoms with Gasteiger partial charge in [0, 0.05) is 38.4 Å². The van der Waals surface area contributed by atoms with Crippen molar-refractivity contribution in [2.24, 2.45) is 0 Å². The van der Waals surface area contributed by atoms with Crippen LogP contribution < -0.4 is 9.80 Å². The van der Waals surface area contributed by atoms with E-state index in [0.29, 0.717) is 6.42 Å². The van der Waals surface area contributed by atoms with Gasteiger partial charge in [0.15, 0.2) is 5.65 Å². The second-order valence-corrected chi connectivity index (χ2v) is 6.64. The molecule has 0 saturated carbocycles. The summed E-state index contributed by atoms with van der Waals surface area (Å²) < 4.78 is 4.00. The Hall–Kier alpha value is -2.90. The number of pyridine rings is 1. The van der Waals surface area contributed by atoms with Gasteiger partial charge in [-0.15, -0.1) is 10.2 Å². The molecule has 5 heterocycles. The van der Waals surface area contributed by atoms with E-state index >= 15 is 0 Å². The fourth-order valence-electron chi connectivity index (χ4n) is 3.77. The minimum Gasteiger partial charge on any atom is -0.338 e. The Balaban J connectivity index is 1.36. The number of amides is 1. The molecule has 3 aromatic heterocycles. The highest BCUT2D eigenvalue weighted by Gasteiger charge is 2.29. The lowest BCUT2D eigenvalue weighted by Gasteiger charge is -2.16. The molecule has 128 valence electrons. The molecule has 0 N–H and O–H groups in total. The van der Waals surface area contributed by atoms with Gasteiger partial charge < -0.3 is 9.80 Å². The Morgan fingerprint density at radius 3 is 3.00 bits per heavy atom. The molecule has 3 aromatic rings. The van der Waals surface area contributed by atoms with Crippen LogP contribution in [0.4, 0.5) is 11.6 Å². The number of rotatable bonds is 3. The van der Waals surface area contributed by atoms with Gasteiger partial charge in [-0.25, -0.2) is 0 Å². The number of hydrogen-bond donors (Lipinski definition) is 0. The van der Waals surface area contributed by atoms with Gasteiger partial charge in [0.1, 0.15) is 0 Å². The summed E-state index contributed by atoms with van der Waals surface area (Å²) in [5.74, 6) is 1.07. The van der Waals surface area contributed by atoms with Crippen molar-refractivity contribution in [3.8, 4) is 0 Å². The van der Waals surface area contributed by atoms with Crippen LogP contribution >= 0.6 is 0 Å². The summed E-state index contributed by atoms with van der Waals surface area (Å²) >= 11 is 0. The molecule has 0 aliphatic carbocycles. The quantitative estimate of drug-likeness (QED) is 0.724. The summed E-state index contributed by atoms with van der Waals surface area (Å²) in [5, 5.41) is 13.1. The summed E-state index contributed by atoms with van der Waals surface area (Å²) in [6, 6.07) is 6.19. The molecule has 2 fully saturated rings. The second-order valence-electron chi connectivity index (χ2n) is 6.64. The van der Waals surface area contributed by atoms with E-state index < -0.39 is 0 Å². The maximum absolute atomic E-state index is 11.9. The summed E-state index contributed by atoms with van der Waals surface area (Å²) in [6.07, 6.45) is 8.36. The molecule has 0 spiro atoms. The third kappa shape index (κ3) is 2.36. The highest BCUT2D eigenvalue weighted by atomic mass is 16.2. The fraction of sp³-hybridized carbons (Fsp3) is 0.412. The predicted octanol–water partition coefficient (Wildman–Crippen LogP) is 1.50. The van der Waals surface area contributed by atoms with Crippen molar-refractivity contribution in [3.63, 3.8) is 0 Å². The zero-order valence-electron chi connectivity index (χ0n) is 13.8. The number of anilines is 2. The Kier molecular flexibility index (Phi) is 3.22. The van der Waals surface area contributed by atoms with Gasteiger partial charge in [0.05, 0.1) is 17.9 Å². The Morgan fingerprint density at radius 2 is 2.12 bits per heavy atom. The number of carbonyl (C=O) groups excluding carboxylic acids is 1. The standard InChI is InChI=1S/C17H19N7O/c25-16-5-3-8-22(16)14-10-18-24(12-14)13-6-9-21(11-13)17-20-19-15-4-1-2-7-23(15)17/h1-2,4,7,10,12-13H,3,5-6,8-9,11H2. The van der Waals surface area contributed by atoms with Crippen molar-refractivity contribution in [2.45, 2.75) is 25.3 Å². The van der Waals surface area contributed by atoms with E-state index in [1.807, 2.05) is 44.6 Å². The van der Waals surface area contributed by atoms with Crippen LogP contribution in [0.3, 0.4) is 0 Å². The maximum atomic E-state index is 11.9. The number of aromatic nitrogens is 5. The first-order valence-electron chi connectivity index (χ1n) is 8.69. The molecule has 2 saturated heterocycles. The zero-order chi connectivity index (χ0) is 16.8. The molecule has 8 nitrogen and oxygen atoms in total. The van der Waals surface area contributed by atoms with E-state index in [9.17, 15) is 4.79 Å². The van der Waals surface area contributed by atoms with E-state index in [-0.39, 0.29) is 11.9 Å². The fourth-order valence-corrected chi connectivity index (χ4v) is 3.77. The normalized spacial score (nSPS) is 21.0.